The lowest BCUT2D eigenvalue weighted by atomic mass is 9.86. The third-order valence-corrected chi connectivity index (χ3v) is 7.70. The van der Waals surface area contributed by atoms with E-state index >= 15 is 0 Å². The molecule has 0 aromatic rings. The zero-order valence-corrected chi connectivity index (χ0v) is 10.3. The van der Waals surface area contributed by atoms with Gasteiger partial charge in [-0.1, -0.05) is 38.9 Å². The maximum atomic E-state index is 5.51. The zero-order chi connectivity index (χ0) is 9.95. The molecule has 0 radical (unpaired) electrons. The largest absolute Gasteiger partial charge is 0.120 e. The third-order valence-electron chi connectivity index (χ3n) is 3.84. The molecule has 0 N–H and O–H groups in total. The standard InChI is InChI=1S/C12H22Si/c1-5-9-12(13(2,3)4)10-7-6-8-11-12/h1H,6-11H2,2-4H3. The molecule has 13 heavy (non-hydrogen) atoms. The Hall–Kier alpha value is -0.223. The second-order valence-electron chi connectivity index (χ2n) is 5.47. The fourth-order valence-electron chi connectivity index (χ4n) is 2.62. The minimum atomic E-state index is -1.07. The lowest BCUT2D eigenvalue weighted by Gasteiger charge is -2.45. The lowest BCUT2D eigenvalue weighted by molar-refractivity contribution is 0.369. The Morgan fingerprint density at radius 2 is 1.69 bits per heavy atom. The fourth-order valence-corrected chi connectivity index (χ4v) is 5.10. The van der Waals surface area contributed by atoms with Crippen LogP contribution in [0.2, 0.25) is 24.7 Å². The van der Waals surface area contributed by atoms with E-state index in [1.807, 2.05) is 0 Å². The van der Waals surface area contributed by atoms with Crippen LogP contribution in [0.15, 0.2) is 0 Å². The summed E-state index contributed by atoms with van der Waals surface area (Å²) in [6.07, 6.45) is 13.6. The Morgan fingerprint density at radius 1 is 1.15 bits per heavy atom. The molecule has 0 nitrogen and oxygen atoms in total. The molecule has 0 aromatic carbocycles. The first-order valence-electron chi connectivity index (χ1n) is 5.45. The molecule has 1 saturated carbocycles. The van der Waals surface area contributed by atoms with Crippen LogP contribution in [-0.2, 0) is 0 Å². The molecule has 0 heterocycles. The molecular weight excluding hydrogens is 172 g/mol. The van der Waals surface area contributed by atoms with Gasteiger partial charge in [0.1, 0.15) is 0 Å². The van der Waals surface area contributed by atoms with E-state index in [0.29, 0.717) is 5.04 Å². The summed E-state index contributed by atoms with van der Waals surface area (Å²) in [5.74, 6) is 2.92. The summed E-state index contributed by atoms with van der Waals surface area (Å²) >= 11 is 0. The van der Waals surface area contributed by atoms with Crippen molar-refractivity contribution in [1.29, 1.82) is 0 Å². The fraction of sp³-hybridized carbons (Fsp3) is 0.833. The molecule has 1 heteroatoms. The molecule has 0 saturated heterocycles. The van der Waals surface area contributed by atoms with Gasteiger partial charge in [-0.3, -0.25) is 0 Å². The molecule has 0 amide bonds. The molecule has 0 spiro atoms. The van der Waals surface area contributed by atoms with Gasteiger partial charge in [0.25, 0.3) is 0 Å². The number of hydrogen-bond donors (Lipinski definition) is 0. The van der Waals surface area contributed by atoms with Crippen LogP contribution in [0.1, 0.15) is 38.5 Å². The molecule has 1 aliphatic carbocycles. The van der Waals surface area contributed by atoms with Crippen molar-refractivity contribution in [3.8, 4) is 12.3 Å². The number of hydrogen-bond acceptors (Lipinski definition) is 0. The SMILES string of the molecule is C#CCC1([Si](C)(C)C)CCCCC1. The van der Waals surface area contributed by atoms with Crippen LogP contribution in [0.3, 0.4) is 0 Å². The normalized spacial score (nSPS) is 22.3. The lowest BCUT2D eigenvalue weighted by Crippen LogP contribution is -2.40. The zero-order valence-electron chi connectivity index (χ0n) is 9.32. The van der Waals surface area contributed by atoms with Crippen molar-refractivity contribution in [2.24, 2.45) is 0 Å². The molecule has 1 fully saturated rings. The second kappa shape index (κ2) is 3.88. The van der Waals surface area contributed by atoms with E-state index in [9.17, 15) is 0 Å². The average molecular weight is 194 g/mol. The van der Waals surface area contributed by atoms with Gasteiger partial charge in [-0.15, -0.1) is 12.3 Å². The minimum Gasteiger partial charge on any atom is -0.120 e. The molecular formula is C12H22Si. The topological polar surface area (TPSA) is 0 Å². The van der Waals surface area contributed by atoms with E-state index in [-0.39, 0.29) is 0 Å². The summed E-state index contributed by atoms with van der Waals surface area (Å²) in [7, 11) is -1.07. The highest BCUT2D eigenvalue weighted by Gasteiger charge is 2.42. The molecule has 0 aliphatic heterocycles. The summed E-state index contributed by atoms with van der Waals surface area (Å²) in [6, 6.07) is 0. The first kappa shape index (κ1) is 10.9. The molecule has 0 atom stereocenters. The molecule has 1 aliphatic rings. The van der Waals surface area contributed by atoms with E-state index in [4.69, 9.17) is 6.42 Å². The Balaban J connectivity index is 2.80. The van der Waals surface area contributed by atoms with Crippen LogP contribution in [0, 0.1) is 12.3 Å². The maximum absolute atomic E-state index is 5.51. The van der Waals surface area contributed by atoms with Crippen LogP contribution in [0.25, 0.3) is 0 Å². The third kappa shape index (κ3) is 2.17. The van der Waals surface area contributed by atoms with Crippen molar-refractivity contribution < 1.29 is 0 Å². The Kier molecular flexibility index (Phi) is 3.24. The highest BCUT2D eigenvalue weighted by Crippen LogP contribution is 2.52. The maximum Gasteiger partial charge on any atom is 0.0517 e. The Bertz CT molecular complexity index is 198. The summed E-state index contributed by atoms with van der Waals surface area (Å²) in [6.45, 7) is 7.45. The highest BCUT2D eigenvalue weighted by molar-refractivity contribution is 6.79. The van der Waals surface area contributed by atoms with Crippen molar-refractivity contribution >= 4 is 8.07 Å². The smallest absolute Gasteiger partial charge is 0.0517 e. The summed E-state index contributed by atoms with van der Waals surface area (Å²) in [5.41, 5.74) is 0. The van der Waals surface area contributed by atoms with Gasteiger partial charge in [-0.25, -0.2) is 0 Å². The van der Waals surface area contributed by atoms with Crippen LogP contribution in [-0.4, -0.2) is 8.07 Å². The Labute approximate surface area is 84.1 Å². The predicted molar refractivity (Wildman–Crippen MR) is 62.6 cm³/mol. The quantitative estimate of drug-likeness (QED) is 0.459. The highest BCUT2D eigenvalue weighted by atomic mass is 28.3. The van der Waals surface area contributed by atoms with Crippen LogP contribution < -0.4 is 0 Å². The summed E-state index contributed by atoms with van der Waals surface area (Å²) < 4.78 is 0. The van der Waals surface area contributed by atoms with Crippen molar-refractivity contribution in [2.75, 3.05) is 0 Å². The van der Waals surface area contributed by atoms with E-state index in [0.717, 1.165) is 6.42 Å². The first-order valence-corrected chi connectivity index (χ1v) is 8.95. The van der Waals surface area contributed by atoms with E-state index < -0.39 is 8.07 Å². The first-order chi connectivity index (χ1) is 6.02. The number of rotatable bonds is 2. The number of terminal acetylenes is 1. The van der Waals surface area contributed by atoms with Gasteiger partial charge in [0, 0.05) is 6.42 Å². The van der Waals surface area contributed by atoms with E-state index in [1.54, 1.807) is 0 Å². The van der Waals surface area contributed by atoms with Crippen LogP contribution >= 0.6 is 0 Å². The van der Waals surface area contributed by atoms with Crippen molar-refractivity contribution in [3.05, 3.63) is 0 Å². The molecule has 0 aromatic heterocycles. The predicted octanol–water partition coefficient (Wildman–Crippen LogP) is 4.05. The second-order valence-corrected chi connectivity index (χ2v) is 11.0. The van der Waals surface area contributed by atoms with Gasteiger partial charge in [-0.2, -0.15) is 0 Å². The van der Waals surface area contributed by atoms with Crippen molar-refractivity contribution in [2.45, 2.75) is 63.2 Å². The monoisotopic (exact) mass is 194 g/mol. The molecule has 0 bridgehead atoms. The van der Waals surface area contributed by atoms with Gasteiger partial charge in [0.2, 0.25) is 0 Å². The van der Waals surface area contributed by atoms with Gasteiger partial charge in [-0.05, 0) is 17.9 Å². The van der Waals surface area contributed by atoms with Gasteiger partial charge in [0.15, 0.2) is 0 Å². The van der Waals surface area contributed by atoms with Gasteiger partial charge in [0.05, 0.1) is 8.07 Å². The van der Waals surface area contributed by atoms with E-state index in [2.05, 4.69) is 25.6 Å². The van der Waals surface area contributed by atoms with Crippen molar-refractivity contribution in [3.63, 3.8) is 0 Å². The van der Waals surface area contributed by atoms with E-state index in [1.165, 1.54) is 32.1 Å². The van der Waals surface area contributed by atoms with Gasteiger partial charge >= 0.3 is 0 Å². The molecule has 1 rings (SSSR count). The Morgan fingerprint density at radius 3 is 2.08 bits per heavy atom. The average Bonchev–Trinajstić information content (AvgIpc) is 2.04. The van der Waals surface area contributed by atoms with Gasteiger partial charge < -0.3 is 0 Å². The van der Waals surface area contributed by atoms with Crippen molar-refractivity contribution in [1.82, 2.24) is 0 Å². The molecule has 74 valence electrons. The van der Waals surface area contributed by atoms with Crippen LogP contribution in [0.5, 0.6) is 0 Å². The molecule has 0 unspecified atom stereocenters. The minimum absolute atomic E-state index is 0.569. The summed E-state index contributed by atoms with van der Waals surface area (Å²) in [5, 5.41) is 0.569. The summed E-state index contributed by atoms with van der Waals surface area (Å²) in [4.78, 5) is 0. The van der Waals surface area contributed by atoms with Crippen LogP contribution in [0.4, 0.5) is 0 Å².